The van der Waals surface area contributed by atoms with Crippen molar-refractivity contribution in [1.29, 1.82) is 0 Å². The molecule has 0 aliphatic heterocycles. The lowest BCUT2D eigenvalue weighted by atomic mass is 10.3. The minimum absolute atomic E-state index is 0.0201. The molecule has 0 radical (unpaired) electrons. The molecular formula is C11H16N2O2S. The number of carbonyl (C=O) groups is 2. The lowest BCUT2D eigenvalue weighted by Crippen LogP contribution is -2.30. The molecule has 0 aromatic carbocycles. The van der Waals surface area contributed by atoms with Gasteiger partial charge in [0.1, 0.15) is 0 Å². The van der Waals surface area contributed by atoms with Crippen LogP contribution in [0.2, 0.25) is 0 Å². The maximum absolute atomic E-state index is 11.5. The van der Waals surface area contributed by atoms with Gasteiger partial charge in [-0.2, -0.15) is 0 Å². The number of rotatable bonds is 6. The molecule has 5 heteroatoms. The van der Waals surface area contributed by atoms with E-state index in [4.69, 9.17) is 0 Å². The molecular weight excluding hydrogens is 224 g/mol. The van der Waals surface area contributed by atoms with Crippen LogP contribution in [0.3, 0.4) is 0 Å². The number of carbonyl (C=O) groups excluding carboxylic acids is 2. The first-order valence-electron chi connectivity index (χ1n) is 5.32. The summed E-state index contributed by atoms with van der Waals surface area (Å²) in [6.45, 7) is 3.07. The van der Waals surface area contributed by atoms with Gasteiger partial charge in [-0.05, 0) is 17.9 Å². The van der Waals surface area contributed by atoms with Crippen molar-refractivity contribution < 1.29 is 9.59 Å². The van der Waals surface area contributed by atoms with E-state index in [-0.39, 0.29) is 11.8 Å². The summed E-state index contributed by atoms with van der Waals surface area (Å²) < 4.78 is 0. The van der Waals surface area contributed by atoms with E-state index in [1.54, 1.807) is 6.07 Å². The third-order valence-electron chi connectivity index (χ3n) is 1.95. The Labute approximate surface area is 99.0 Å². The fourth-order valence-electron chi connectivity index (χ4n) is 1.14. The Morgan fingerprint density at radius 3 is 2.75 bits per heavy atom. The maximum atomic E-state index is 11.5. The zero-order chi connectivity index (χ0) is 11.8. The fraction of sp³-hybridized carbons (Fsp3) is 0.455. The van der Waals surface area contributed by atoms with Crippen LogP contribution in [0, 0.1) is 0 Å². The Bertz CT molecular complexity index is 336. The van der Waals surface area contributed by atoms with Gasteiger partial charge in [-0.25, -0.2) is 0 Å². The van der Waals surface area contributed by atoms with Crippen molar-refractivity contribution in [3.63, 3.8) is 0 Å². The first kappa shape index (κ1) is 12.7. The van der Waals surface area contributed by atoms with Crippen molar-refractivity contribution >= 4 is 23.2 Å². The SMILES string of the molecule is CCCNC(=O)CCNC(=O)c1cccs1. The first-order valence-corrected chi connectivity index (χ1v) is 6.20. The molecule has 16 heavy (non-hydrogen) atoms. The van der Waals surface area contributed by atoms with Crippen LogP contribution < -0.4 is 10.6 Å². The molecule has 88 valence electrons. The van der Waals surface area contributed by atoms with Crippen molar-refractivity contribution in [3.05, 3.63) is 22.4 Å². The van der Waals surface area contributed by atoms with Crippen molar-refractivity contribution in [3.8, 4) is 0 Å². The van der Waals surface area contributed by atoms with Crippen LogP contribution in [0.25, 0.3) is 0 Å². The first-order chi connectivity index (χ1) is 7.74. The summed E-state index contributed by atoms with van der Waals surface area (Å²) in [4.78, 5) is 23.4. The number of hydrogen-bond donors (Lipinski definition) is 2. The van der Waals surface area contributed by atoms with Crippen molar-refractivity contribution in [2.24, 2.45) is 0 Å². The Kier molecular flexibility index (Phi) is 5.56. The molecule has 2 N–H and O–H groups in total. The topological polar surface area (TPSA) is 58.2 Å². The zero-order valence-corrected chi connectivity index (χ0v) is 10.1. The van der Waals surface area contributed by atoms with Gasteiger partial charge in [0.15, 0.2) is 0 Å². The fourth-order valence-corrected chi connectivity index (χ4v) is 1.78. The van der Waals surface area contributed by atoms with Gasteiger partial charge in [0.05, 0.1) is 4.88 Å². The number of nitrogens with one attached hydrogen (secondary N) is 2. The second-order valence-electron chi connectivity index (χ2n) is 3.33. The monoisotopic (exact) mass is 240 g/mol. The van der Waals surface area contributed by atoms with Gasteiger partial charge in [0.25, 0.3) is 5.91 Å². The average molecular weight is 240 g/mol. The lowest BCUT2D eigenvalue weighted by molar-refractivity contribution is -0.120. The van der Waals surface area contributed by atoms with Crippen molar-refractivity contribution in [2.45, 2.75) is 19.8 Å². The molecule has 0 saturated carbocycles. The van der Waals surface area contributed by atoms with Crippen LogP contribution in [0.4, 0.5) is 0 Å². The van der Waals surface area contributed by atoms with Crippen LogP contribution in [0.5, 0.6) is 0 Å². The third-order valence-corrected chi connectivity index (χ3v) is 2.82. The second kappa shape index (κ2) is 7.00. The average Bonchev–Trinajstić information content (AvgIpc) is 2.79. The molecule has 1 aromatic heterocycles. The normalized spacial score (nSPS) is 9.81. The summed E-state index contributed by atoms with van der Waals surface area (Å²) in [6, 6.07) is 3.59. The highest BCUT2D eigenvalue weighted by Crippen LogP contribution is 2.07. The van der Waals surface area contributed by atoms with Gasteiger partial charge in [-0.3, -0.25) is 9.59 Å². The van der Waals surface area contributed by atoms with E-state index in [2.05, 4.69) is 10.6 Å². The maximum Gasteiger partial charge on any atom is 0.261 e. The number of amides is 2. The molecule has 2 amide bonds. The smallest absolute Gasteiger partial charge is 0.261 e. The summed E-state index contributed by atoms with van der Waals surface area (Å²) in [5.74, 6) is -0.133. The molecule has 0 atom stereocenters. The molecule has 4 nitrogen and oxygen atoms in total. The molecule has 1 rings (SSSR count). The van der Waals surface area contributed by atoms with E-state index in [1.807, 2.05) is 18.4 Å². The Morgan fingerprint density at radius 2 is 2.12 bits per heavy atom. The van der Waals surface area contributed by atoms with Gasteiger partial charge in [0.2, 0.25) is 5.91 Å². The van der Waals surface area contributed by atoms with Crippen LogP contribution in [-0.4, -0.2) is 24.9 Å². The number of thiophene rings is 1. The van der Waals surface area contributed by atoms with Crippen LogP contribution in [0.15, 0.2) is 17.5 Å². The van der Waals surface area contributed by atoms with E-state index < -0.39 is 0 Å². The molecule has 0 spiro atoms. The predicted octanol–water partition coefficient (Wildman–Crippen LogP) is 1.39. The van der Waals surface area contributed by atoms with E-state index in [1.165, 1.54) is 11.3 Å². The molecule has 0 unspecified atom stereocenters. The largest absolute Gasteiger partial charge is 0.356 e. The van der Waals surface area contributed by atoms with Crippen LogP contribution in [0.1, 0.15) is 29.4 Å². The van der Waals surface area contributed by atoms with Gasteiger partial charge in [-0.1, -0.05) is 13.0 Å². The van der Waals surface area contributed by atoms with E-state index in [9.17, 15) is 9.59 Å². The van der Waals surface area contributed by atoms with E-state index >= 15 is 0 Å². The van der Waals surface area contributed by atoms with Crippen molar-refractivity contribution in [1.82, 2.24) is 10.6 Å². The molecule has 1 aromatic rings. The second-order valence-corrected chi connectivity index (χ2v) is 4.28. The van der Waals surface area contributed by atoms with E-state index in [0.717, 1.165) is 6.42 Å². The van der Waals surface area contributed by atoms with Crippen molar-refractivity contribution in [2.75, 3.05) is 13.1 Å². The van der Waals surface area contributed by atoms with Gasteiger partial charge < -0.3 is 10.6 Å². The molecule has 0 bridgehead atoms. The van der Waals surface area contributed by atoms with Gasteiger partial charge in [-0.15, -0.1) is 11.3 Å². The quantitative estimate of drug-likeness (QED) is 0.789. The summed E-state index contributed by atoms with van der Waals surface area (Å²) in [6.07, 6.45) is 1.25. The molecule has 0 saturated heterocycles. The summed E-state index contributed by atoms with van der Waals surface area (Å²) in [7, 11) is 0. The van der Waals surface area contributed by atoms with Crippen LogP contribution >= 0.6 is 11.3 Å². The molecule has 0 aliphatic rings. The molecule has 1 heterocycles. The zero-order valence-electron chi connectivity index (χ0n) is 9.29. The Hall–Kier alpha value is -1.36. The Balaban J connectivity index is 2.16. The highest BCUT2D eigenvalue weighted by Gasteiger charge is 2.06. The Morgan fingerprint density at radius 1 is 1.31 bits per heavy atom. The highest BCUT2D eigenvalue weighted by molar-refractivity contribution is 7.12. The summed E-state index contributed by atoms with van der Waals surface area (Å²) in [5.41, 5.74) is 0. The number of hydrogen-bond acceptors (Lipinski definition) is 3. The summed E-state index contributed by atoms with van der Waals surface area (Å²) in [5, 5.41) is 7.31. The highest BCUT2D eigenvalue weighted by atomic mass is 32.1. The van der Waals surface area contributed by atoms with Gasteiger partial charge in [0, 0.05) is 19.5 Å². The summed E-state index contributed by atoms with van der Waals surface area (Å²) >= 11 is 1.39. The van der Waals surface area contributed by atoms with Gasteiger partial charge >= 0.3 is 0 Å². The minimum atomic E-state index is -0.113. The predicted molar refractivity (Wildman–Crippen MR) is 64.6 cm³/mol. The standard InChI is InChI=1S/C11H16N2O2S/c1-2-6-12-10(14)5-7-13-11(15)9-4-3-8-16-9/h3-4,8H,2,5-7H2,1H3,(H,12,14)(H,13,15). The lowest BCUT2D eigenvalue weighted by Gasteiger charge is -2.04. The van der Waals surface area contributed by atoms with E-state index in [0.29, 0.717) is 24.4 Å². The molecule has 0 aliphatic carbocycles. The molecule has 0 fully saturated rings. The third kappa shape index (κ3) is 4.44. The minimum Gasteiger partial charge on any atom is -0.356 e. The van der Waals surface area contributed by atoms with Crippen LogP contribution in [-0.2, 0) is 4.79 Å².